The molecule has 0 aromatic heterocycles. The summed E-state index contributed by atoms with van der Waals surface area (Å²) in [5.74, 6) is 1.14. The number of nitrogens with zero attached hydrogens (tertiary/aromatic N) is 2. The number of aliphatic imine (C=N–C) groups is 1. The Bertz CT molecular complexity index is 495. The largest absolute Gasteiger partial charge is 0.378 e. The van der Waals surface area contributed by atoms with Gasteiger partial charge in [-0.15, -0.1) is 0 Å². The van der Waals surface area contributed by atoms with Gasteiger partial charge in [0.1, 0.15) is 9.84 Å². The van der Waals surface area contributed by atoms with E-state index in [1.54, 1.807) is 0 Å². The topological polar surface area (TPSA) is 71.0 Å². The zero-order valence-electron chi connectivity index (χ0n) is 16.0. The molecule has 1 fully saturated rings. The molecule has 1 heterocycles. The molecule has 0 unspecified atom stereocenters. The molecule has 1 aliphatic rings. The zero-order valence-corrected chi connectivity index (χ0v) is 16.8. The molecule has 0 aliphatic carbocycles. The minimum atomic E-state index is -2.93. The van der Waals surface area contributed by atoms with Gasteiger partial charge in [0.05, 0.1) is 11.9 Å². The van der Waals surface area contributed by atoms with Gasteiger partial charge in [-0.1, -0.05) is 13.8 Å². The Balaban J connectivity index is 2.62. The first kappa shape index (κ1) is 21.2. The third kappa shape index (κ3) is 8.33. The first-order valence-corrected chi connectivity index (χ1v) is 11.1. The number of nitrogens with one attached hydrogen (secondary N) is 1. The van der Waals surface area contributed by atoms with Gasteiger partial charge in [0.2, 0.25) is 0 Å². The summed E-state index contributed by atoms with van der Waals surface area (Å²) < 4.78 is 28.5. The van der Waals surface area contributed by atoms with Crippen LogP contribution >= 0.6 is 0 Å². The number of piperidine rings is 1. The van der Waals surface area contributed by atoms with Gasteiger partial charge < -0.3 is 15.0 Å². The fourth-order valence-electron chi connectivity index (χ4n) is 2.73. The molecule has 0 aromatic carbocycles. The first-order chi connectivity index (χ1) is 11.2. The van der Waals surface area contributed by atoms with E-state index in [0.29, 0.717) is 19.1 Å². The Morgan fingerprint density at radius 2 is 1.92 bits per heavy atom. The Kier molecular flexibility index (Phi) is 8.50. The van der Waals surface area contributed by atoms with Crippen molar-refractivity contribution in [3.8, 4) is 0 Å². The normalized spacial score (nSPS) is 18.0. The van der Waals surface area contributed by atoms with E-state index < -0.39 is 9.84 Å². The van der Waals surface area contributed by atoms with Crippen LogP contribution in [0.1, 0.15) is 47.0 Å². The molecule has 142 valence electrons. The van der Waals surface area contributed by atoms with Crippen molar-refractivity contribution in [2.75, 3.05) is 44.8 Å². The third-order valence-electron chi connectivity index (χ3n) is 4.29. The Morgan fingerprint density at radius 3 is 2.42 bits per heavy atom. The molecular weight excluding hydrogens is 326 g/mol. The minimum absolute atomic E-state index is 0.132. The van der Waals surface area contributed by atoms with Crippen molar-refractivity contribution in [1.82, 2.24) is 10.2 Å². The van der Waals surface area contributed by atoms with Crippen LogP contribution < -0.4 is 5.32 Å². The summed E-state index contributed by atoms with van der Waals surface area (Å²) in [5.41, 5.74) is -0.132. The highest BCUT2D eigenvalue weighted by molar-refractivity contribution is 7.90. The van der Waals surface area contributed by atoms with Gasteiger partial charge in [-0.3, -0.25) is 4.99 Å². The second-order valence-electron chi connectivity index (χ2n) is 7.36. The molecular formula is C17H35N3O3S. The van der Waals surface area contributed by atoms with Crippen molar-refractivity contribution in [3.63, 3.8) is 0 Å². The van der Waals surface area contributed by atoms with E-state index >= 15 is 0 Å². The van der Waals surface area contributed by atoms with Crippen LogP contribution in [0.15, 0.2) is 4.99 Å². The smallest absolute Gasteiger partial charge is 0.193 e. The molecule has 7 heteroatoms. The lowest BCUT2D eigenvalue weighted by Crippen LogP contribution is -2.47. The summed E-state index contributed by atoms with van der Waals surface area (Å²) in [6, 6.07) is 0. The lowest BCUT2D eigenvalue weighted by Gasteiger charge is -2.34. The molecule has 1 saturated heterocycles. The van der Waals surface area contributed by atoms with Crippen molar-refractivity contribution >= 4 is 15.8 Å². The van der Waals surface area contributed by atoms with Gasteiger partial charge in [0, 0.05) is 39.0 Å². The summed E-state index contributed by atoms with van der Waals surface area (Å²) in [7, 11) is -2.93. The quantitative estimate of drug-likeness (QED) is 0.528. The van der Waals surface area contributed by atoms with Crippen LogP contribution in [-0.2, 0) is 14.6 Å². The van der Waals surface area contributed by atoms with Crippen LogP contribution in [-0.4, -0.2) is 70.2 Å². The number of guanidine groups is 1. The van der Waals surface area contributed by atoms with E-state index in [1.807, 2.05) is 6.92 Å². The maximum Gasteiger partial charge on any atom is 0.193 e. The molecule has 0 spiro atoms. The fourth-order valence-corrected chi connectivity index (χ4v) is 3.65. The van der Waals surface area contributed by atoms with E-state index in [1.165, 1.54) is 6.26 Å². The van der Waals surface area contributed by atoms with Gasteiger partial charge in [-0.25, -0.2) is 8.42 Å². The molecule has 1 N–H and O–H groups in total. The highest BCUT2D eigenvalue weighted by atomic mass is 32.2. The fraction of sp³-hybridized carbons (Fsp3) is 0.941. The molecule has 0 atom stereocenters. The molecule has 0 bridgehead atoms. The number of ether oxygens (including phenoxy) is 1. The maximum absolute atomic E-state index is 11.4. The molecule has 6 nitrogen and oxygen atoms in total. The van der Waals surface area contributed by atoms with Crippen molar-refractivity contribution in [2.45, 2.75) is 53.1 Å². The highest BCUT2D eigenvalue weighted by Gasteiger charge is 2.24. The van der Waals surface area contributed by atoms with Crippen LogP contribution in [0.4, 0.5) is 0 Å². The molecule has 0 radical (unpaired) electrons. The molecule has 0 saturated carbocycles. The van der Waals surface area contributed by atoms with Crippen LogP contribution in [0.3, 0.4) is 0 Å². The molecule has 0 amide bonds. The number of rotatable bonds is 8. The summed E-state index contributed by atoms with van der Waals surface area (Å²) in [6.07, 6.45) is 4.33. The summed E-state index contributed by atoms with van der Waals surface area (Å²) in [6.45, 7) is 12.4. The number of sulfone groups is 1. The molecule has 0 aromatic rings. The number of hydrogen-bond acceptors (Lipinski definition) is 4. The summed E-state index contributed by atoms with van der Waals surface area (Å²) in [4.78, 5) is 7.06. The van der Waals surface area contributed by atoms with Crippen LogP contribution in [0.5, 0.6) is 0 Å². The average Bonchev–Trinajstić information content (AvgIpc) is 2.50. The second kappa shape index (κ2) is 9.61. The summed E-state index contributed by atoms with van der Waals surface area (Å²) in [5, 5.41) is 3.36. The Morgan fingerprint density at radius 1 is 1.29 bits per heavy atom. The van der Waals surface area contributed by atoms with Crippen molar-refractivity contribution < 1.29 is 13.2 Å². The lowest BCUT2D eigenvalue weighted by molar-refractivity contribution is 0.0263. The predicted molar refractivity (Wildman–Crippen MR) is 100 cm³/mol. The zero-order chi connectivity index (χ0) is 18.2. The molecule has 1 rings (SSSR count). The van der Waals surface area contributed by atoms with Gasteiger partial charge in [0.15, 0.2) is 5.96 Å². The van der Waals surface area contributed by atoms with Gasteiger partial charge in [-0.05, 0) is 38.5 Å². The molecule has 1 aliphatic heterocycles. The number of hydrogen-bond donors (Lipinski definition) is 1. The Hall–Kier alpha value is -0.820. The average molecular weight is 362 g/mol. The van der Waals surface area contributed by atoms with E-state index in [2.05, 4.69) is 31.0 Å². The van der Waals surface area contributed by atoms with Crippen molar-refractivity contribution in [3.05, 3.63) is 0 Å². The van der Waals surface area contributed by atoms with Gasteiger partial charge >= 0.3 is 0 Å². The third-order valence-corrected chi connectivity index (χ3v) is 5.23. The van der Waals surface area contributed by atoms with Crippen LogP contribution in [0.25, 0.3) is 0 Å². The van der Waals surface area contributed by atoms with Gasteiger partial charge in [-0.2, -0.15) is 0 Å². The van der Waals surface area contributed by atoms with E-state index in [-0.39, 0.29) is 11.2 Å². The van der Waals surface area contributed by atoms with Crippen LogP contribution in [0, 0.1) is 5.41 Å². The van der Waals surface area contributed by atoms with Crippen LogP contribution in [0.2, 0.25) is 0 Å². The number of likely N-dealkylation sites (tertiary alicyclic amines) is 1. The van der Waals surface area contributed by atoms with E-state index in [4.69, 9.17) is 9.73 Å². The van der Waals surface area contributed by atoms with E-state index in [9.17, 15) is 8.42 Å². The van der Waals surface area contributed by atoms with Crippen molar-refractivity contribution in [2.24, 2.45) is 10.4 Å². The maximum atomic E-state index is 11.4. The first-order valence-electron chi connectivity index (χ1n) is 8.99. The molecule has 24 heavy (non-hydrogen) atoms. The highest BCUT2D eigenvalue weighted by Crippen LogP contribution is 2.22. The van der Waals surface area contributed by atoms with Gasteiger partial charge in [0.25, 0.3) is 0 Å². The minimum Gasteiger partial charge on any atom is -0.378 e. The Labute approximate surface area is 148 Å². The summed E-state index contributed by atoms with van der Waals surface area (Å²) >= 11 is 0. The predicted octanol–water partition coefficient (Wildman–Crippen LogP) is 1.91. The second-order valence-corrected chi connectivity index (χ2v) is 9.62. The standard InChI is InChI=1S/C17H35N3O3S/c1-6-18-16(20-11-8-15(9-12-20)23-7-2)19-14-17(3,4)10-13-24(5,21)22/h15H,6-14H2,1-5H3,(H,18,19). The lowest BCUT2D eigenvalue weighted by atomic mass is 9.90. The SMILES string of the molecule is CCNC(=NCC(C)(C)CCS(C)(=O)=O)N1CCC(OCC)CC1. The van der Waals surface area contributed by atoms with Crippen molar-refractivity contribution in [1.29, 1.82) is 0 Å². The monoisotopic (exact) mass is 361 g/mol. The van der Waals surface area contributed by atoms with E-state index in [0.717, 1.165) is 45.0 Å².